The molecule has 0 bridgehead atoms. The summed E-state index contributed by atoms with van der Waals surface area (Å²) in [6.45, 7) is 7.03. The summed E-state index contributed by atoms with van der Waals surface area (Å²) in [6, 6.07) is -3.25. The summed E-state index contributed by atoms with van der Waals surface area (Å²) in [5, 5.41) is 13.8. The number of hydrogen-bond acceptors (Lipinski definition) is 5. The second-order valence-corrected chi connectivity index (χ2v) is 6.54. The average Bonchev–Trinajstić information content (AvgIpc) is 2.41. The predicted molar refractivity (Wildman–Crippen MR) is 87.6 cm³/mol. The van der Waals surface area contributed by atoms with E-state index in [4.69, 9.17) is 16.6 Å². The normalized spacial score (nSPS) is 14.8. The summed E-state index contributed by atoms with van der Waals surface area (Å²) in [5.41, 5.74) is 10.8. The zero-order valence-electron chi connectivity index (χ0n) is 14.5. The van der Waals surface area contributed by atoms with E-state index in [-0.39, 0.29) is 11.8 Å². The molecule has 0 aromatic rings. The molecular weight excluding hydrogens is 316 g/mol. The van der Waals surface area contributed by atoms with E-state index in [1.807, 2.05) is 13.8 Å². The summed E-state index contributed by atoms with van der Waals surface area (Å²) in [4.78, 5) is 46.6. The van der Waals surface area contributed by atoms with Crippen molar-refractivity contribution in [3.05, 3.63) is 0 Å². The fourth-order valence-electron chi connectivity index (χ4n) is 2.07. The van der Waals surface area contributed by atoms with Crippen molar-refractivity contribution in [3.8, 4) is 0 Å². The molecule has 138 valence electrons. The highest BCUT2D eigenvalue weighted by molar-refractivity contribution is 5.94. The molecule has 0 radical (unpaired) electrons. The summed E-state index contributed by atoms with van der Waals surface area (Å²) in [6.07, 6.45) is -0.0447. The van der Waals surface area contributed by atoms with Crippen molar-refractivity contribution < 1.29 is 24.3 Å². The first-order valence-electron chi connectivity index (χ1n) is 7.83. The smallest absolute Gasteiger partial charge is 0.326 e. The van der Waals surface area contributed by atoms with Gasteiger partial charge in [0.05, 0.1) is 12.5 Å². The Morgan fingerprint density at radius 2 is 1.54 bits per heavy atom. The van der Waals surface area contributed by atoms with Gasteiger partial charge in [-0.1, -0.05) is 27.7 Å². The van der Waals surface area contributed by atoms with Gasteiger partial charge in [-0.05, 0) is 18.3 Å². The van der Waals surface area contributed by atoms with Crippen LogP contribution in [0.4, 0.5) is 0 Å². The van der Waals surface area contributed by atoms with Gasteiger partial charge in [-0.25, -0.2) is 4.79 Å². The Hall–Kier alpha value is -2.16. The largest absolute Gasteiger partial charge is 0.480 e. The van der Waals surface area contributed by atoms with Crippen LogP contribution in [0.15, 0.2) is 0 Å². The van der Waals surface area contributed by atoms with Gasteiger partial charge in [-0.2, -0.15) is 0 Å². The fourth-order valence-corrected chi connectivity index (χ4v) is 2.07. The second kappa shape index (κ2) is 9.86. The van der Waals surface area contributed by atoms with Crippen molar-refractivity contribution in [1.82, 2.24) is 10.6 Å². The Labute approximate surface area is 141 Å². The maximum Gasteiger partial charge on any atom is 0.326 e. The van der Waals surface area contributed by atoms with Crippen LogP contribution in [0.5, 0.6) is 0 Å². The van der Waals surface area contributed by atoms with E-state index >= 15 is 0 Å². The lowest BCUT2D eigenvalue weighted by atomic mass is 10.0. The predicted octanol–water partition coefficient (Wildman–Crippen LogP) is -1.05. The monoisotopic (exact) mass is 344 g/mol. The molecule has 24 heavy (non-hydrogen) atoms. The first-order valence-corrected chi connectivity index (χ1v) is 7.83. The van der Waals surface area contributed by atoms with Crippen LogP contribution >= 0.6 is 0 Å². The maximum absolute atomic E-state index is 12.2. The van der Waals surface area contributed by atoms with Gasteiger partial charge in [-0.3, -0.25) is 14.4 Å². The molecule has 0 rings (SSSR count). The Kier molecular flexibility index (Phi) is 8.97. The minimum Gasteiger partial charge on any atom is -0.480 e. The highest BCUT2D eigenvalue weighted by Crippen LogP contribution is 2.05. The number of amides is 3. The Morgan fingerprint density at radius 1 is 1.00 bits per heavy atom. The third-order valence-corrected chi connectivity index (χ3v) is 3.33. The molecule has 0 spiro atoms. The number of carbonyl (C=O) groups excluding carboxylic acids is 3. The highest BCUT2D eigenvalue weighted by atomic mass is 16.4. The van der Waals surface area contributed by atoms with Crippen LogP contribution in [0.2, 0.25) is 0 Å². The molecule has 0 aliphatic carbocycles. The Bertz CT molecular complexity index is 478. The zero-order valence-corrected chi connectivity index (χ0v) is 14.5. The van der Waals surface area contributed by atoms with Gasteiger partial charge >= 0.3 is 5.97 Å². The number of aliphatic carboxylic acids is 1. The van der Waals surface area contributed by atoms with E-state index in [9.17, 15) is 19.2 Å². The van der Waals surface area contributed by atoms with E-state index in [0.29, 0.717) is 6.42 Å². The van der Waals surface area contributed by atoms with Crippen LogP contribution in [0.3, 0.4) is 0 Å². The number of primary amides is 1. The first kappa shape index (κ1) is 21.8. The molecule has 0 fully saturated rings. The molecule has 3 amide bonds. The molecule has 7 N–H and O–H groups in total. The molecule has 0 aromatic carbocycles. The third kappa shape index (κ3) is 7.91. The average molecular weight is 344 g/mol. The van der Waals surface area contributed by atoms with Crippen LogP contribution in [-0.2, 0) is 19.2 Å². The Morgan fingerprint density at radius 3 is 1.92 bits per heavy atom. The lowest BCUT2D eigenvalue weighted by Crippen LogP contribution is -2.56. The van der Waals surface area contributed by atoms with Crippen molar-refractivity contribution in [2.75, 3.05) is 0 Å². The van der Waals surface area contributed by atoms with Gasteiger partial charge in [0.15, 0.2) is 0 Å². The number of hydrogen-bond donors (Lipinski definition) is 5. The quantitative estimate of drug-likeness (QED) is 0.339. The molecule has 9 heteroatoms. The summed E-state index contributed by atoms with van der Waals surface area (Å²) in [5.74, 6) is -3.60. The SMILES string of the molecule is CC(C)C[C@H](N)C(=O)N[C@@H](CC(N)=O)C(=O)N[C@H](C(=O)O)C(C)C. The van der Waals surface area contributed by atoms with Crippen LogP contribution in [0.1, 0.15) is 40.5 Å². The molecule has 0 heterocycles. The molecule has 0 aromatic heterocycles. The van der Waals surface area contributed by atoms with Crippen LogP contribution < -0.4 is 22.1 Å². The molecule has 0 aliphatic heterocycles. The molecule has 3 atom stereocenters. The van der Waals surface area contributed by atoms with Gasteiger partial charge in [0, 0.05) is 0 Å². The van der Waals surface area contributed by atoms with Gasteiger partial charge in [-0.15, -0.1) is 0 Å². The second-order valence-electron chi connectivity index (χ2n) is 6.54. The van der Waals surface area contributed by atoms with Gasteiger partial charge in [0.1, 0.15) is 12.1 Å². The lowest BCUT2D eigenvalue weighted by molar-refractivity contribution is -0.143. The van der Waals surface area contributed by atoms with E-state index in [0.717, 1.165) is 0 Å². The van der Waals surface area contributed by atoms with Crippen molar-refractivity contribution in [2.45, 2.75) is 58.7 Å². The highest BCUT2D eigenvalue weighted by Gasteiger charge is 2.30. The molecule has 9 nitrogen and oxygen atoms in total. The minimum absolute atomic E-state index is 0.173. The number of nitrogens with two attached hydrogens (primary N) is 2. The van der Waals surface area contributed by atoms with E-state index in [1.165, 1.54) is 0 Å². The van der Waals surface area contributed by atoms with Gasteiger partial charge in [0.25, 0.3) is 0 Å². The topological polar surface area (TPSA) is 165 Å². The van der Waals surface area contributed by atoms with Gasteiger partial charge < -0.3 is 27.2 Å². The van der Waals surface area contributed by atoms with Crippen molar-refractivity contribution in [2.24, 2.45) is 23.3 Å². The van der Waals surface area contributed by atoms with Crippen LogP contribution in [0.25, 0.3) is 0 Å². The molecule has 0 saturated heterocycles. The third-order valence-electron chi connectivity index (χ3n) is 3.33. The number of carbonyl (C=O) groups is 4. The van der Waals surface area contributed by atoms with Crippen molar-refractivity contribution in [3.63, 3.8) is 0 Å². The minimum atomic E-state index is -1.27. The molecule has 0 unspecified atom stereocenters. The summed E-state index contributed by atoms with van der Waals surface area (Å²) in [7, 11) is 0. The number of carboxylic acid groups (broad SMARTS) is 1. The standard InChI is InChI=1S/C15H28N4O5/c1-7(2)5-9(16)13(21)18-10(6-11(17)20)14(22)19-12(8(3)4)15(23)24/h7-10,12H,5-6,16H2,1-4H3,(H2,17,20)(H,18,21)(H,19,22)(H,23,24)/t9-,10-,12-/m0/s1. The summed E-state index contributed by atoms with van der Waals surface area (Å²) < 4.78 is 0. The van der Waals surface area contributed by atoms with E-state index in [1.54, 1.807) is 13.8 Å². The van der Waals surface area contributed by atoms with Gasteiger partial charge in [0.2, 0.25) is 17.7 Å². The van der Waals surface area contributed by atoms with Crippen molar-refractivity contribution in [1.29, 1.82) is 0 Å². The number of nitrogens with one attached hydrogen (secondary N) is 2. The number of rotatable bonds is 10. The number of carboxylic acids is 1. The molecular formula is C15H28N4O5. The molecule has 0 aliphatic rings. The first-order chi connectivity index (χ1) is 11.0. The van der Waals surface area contributed by atoms with Crippen LogP contribution in [-0.4, -0.2) is 46.9 Å². The molecule has 0 saturated carbocycles. The van der Waals surface area contributed by atoms with Crippen molar-refractivity contribution >= 4 is 23.7 Å². The van der Waals surface area contributed by atoms with Crippen LogP contribution in [0, 0.1) is 11.8 Å². The Balaban J connectivity index is 5.05. The lowest BCUT2D eigenvalue weighted by Gasteiger charge is -2.24. The van der Waals surface area contributed by atoms with E-state index in [2.05, 4.69) is 10.6 Å². The summed E-state index contributed by atoms with van der Waals surface area (Å²) >= 11 is 0. The zero-order chi connectivity index (χ0) is 19.0. The van der Waals surface area contributed by atoms with E-state index < -0.39 is 48.2 Å². The maximum atomic E-state index is 12.2. The fraction of sp³-hybridized carbons (Fsp3) is 0.733.